The van der Waals surface area contributed by atoms with Crippen molar-refractivity contribution in [2.24, 2.45) is 0 Å². The number of carbonyl (C=O) groups excluding carboxylic acids is 1. The fourth-order valence-corrected chi connectivity index (χ4v) is 2.70. The summed E-state index contributed by atoms with van der Waals surface area (Å²) in [4.78, 5) is 16.6. The van der Waals surface area contributed by atoms with Crippen molar-refractivity contribution in [3.05, 3.63) is 65.2 Å². The van der Waals surface area contributed by atoms with Crippen molar-refractivity contribution in [3.63, 3.8) is 0 Å². The average Bonchev–Trinajstić information content (AvgIpc) is 2.72. The van der Waals surface area contributed by atoms with Gasteiger partial charge in [0.1, 0.15) is 24.6 Å². The van der Waals surface area contributed by atoms with Crippen molar-refractivity contribution in [2.75, 3.05) is 20.3 Å². The number of benzene rings is 2. The van der Waals surface area contributed by atoms with E-state index >= 15 is 0 Å². The number of aliphatic hydroxyl groups is 2. The van der Waals surface area contributed by atoms with Crippen molar-refractivity contribution in [1.29, 1.82) is 0 Å². The molecule has 0 radical (unpaired) electrons. The van der Waals surface area contributed by atoms with Gasteiger partial charge in [0, 0.05) is 13.0 Å². The van der Waals surface area contributed by atoms with Crippen LogP contribution in [-0.4, -0.2) is 42.5 Å². The highest BCUT2D eigenvalue weighted by atomic mass is 16.6. The van der Waals surface area contributed by atoms with Gasteiger partial charge in [-0.1, -0.05) is 36.4 Å². The van der Waals surface area contributed by atoms with E-state index in [-0.39, 0.29) is 19.1 Å². The summed E-state index contributed by atoms with van der Waals surface area (Å²) in [6.45, 7) is 2.25. The summed E-state index contributed by atoms with van der Waals surface area (Å²) < 4.78 is 11.1. The van der Waals surface area contributed by atoms with Gasteiger partial charge in [0.25, 0.3) is 5.91 Å². The van der Waals surface area contributed by atoms with Crippen molar-refractivity contribution in [3.8, 4) is 5.75 Å². The van der Waals surface area contributed by atoms with E-state index in [4.69, 9.17) is 9.47 Å². The molecule has 0 aromatic heterocycles. The van der Waals surface area contributed by atoms with Crippen LogP contribution in [0.5, 0.6) is 5.75 Å². The van der Waals surface area contributed by atoms with Gasteiger partial charge in [-0.25, -0.2) is 5.48 Å². The molecular formula is C21H27NO6. The summed E-state index contributed by atoms with van der Waals surface area (Å²) in [5.74, 6) is 0.272. The molecule has 7 heteroatoms. The summed E-state index contributed by atoms with van der Waals surface area (Å²) in [7, 11) is 1.38. The Balaban J connectivity index is 1.91. The fourth-order valence-electron chi connectivity index (χ4n) is 2.70. The lowest BCUT2D eigenvalue weighted by Gasteiger charge is -2.16. The van der Waals surface area contributed by atoms with Crippen molar-refractivity contribution in [1.82, 2.24) is 5.48 Å². The summed E-state index contributed by atoms with van der Waals surface area (Å²) in [6, 6.07) is 14.4. The Morgan fingerprint density at radius 3 is 2.54 bits per heavy atom. The Hall–Kier alpha value is -2.45. The molecule has 0 saturated heterocycles. The minimum Gasteiger partial charge on any atom is -0.491 e. The third-order valence-electron chi connectivity index (χ3n) is 4.13. The van der Waals surface area contributed by atoms with Crippen LogP contribution in [0.3, 0.4) is 0 Å². The van der Waals surface area contributed by atoms with Gasteiger partial charge in [0.15, 0.2) is 0 Å². The first-order valence-electron chi connectivity index (χ1n) is 9.11. The SMILES string of the molecule is CCO[C@H](Cc1ccc(OC[C@@H](O)c2cccc(CO)c2)cc1)C(=O)NOC. The average molecular weight is 389 g/mol. The Morgan fingerprint density at radius 1 is 1.14 bits per heavy atom. The standard InChI is InChI=1S/C21H27NO6/c1-3-27-20(21(25)22-26-2)12-15-7-9-18(10-8-15)28-14-19(24)17-6-4-5-16(11-17)13-23/h4-11,19-20,23-24H,3,12-14H2,1-2H3,(H,22,25)/t19-,20-/m1/s1. The van der Waals surface area contributed by atoms with Gasteiger partial charge in [0.2, 0.25) is 0 Å². The molecule has 2 aromatic carbocycles. The van der Waals surface area contributed by atoms with E-state index in [9.17, 15) is 15.0 Å². The predicted octanol–water partition coefficient (Wildman–Crippen LogP) is 1.92. The van der Waals surface area contributed by atoms with Gasteiger partial charge in [0.05, 0.1) is 13.7 Å². The first kappa shape index (κ1) is 21.8. The van der Waals surface area contributed by atoms with E-state index in [0.29, 0.717) is 24.3 Å². The molecule has 0 bridgehead atoms. The molecule has 0 saturated carbocycles. The van der Waals surface area contributed by atoms with E-state index in [0.717, 1.165) is 11.1 Å². The number of amides is 1. The predicted molar refractivity (Wildman–Crippen MR) is 104 cm³/mol. The van der Waals surface area contributed by atoms with Crippen LogP contribution in [-0.2, 0) is 27.4 Å². The molecule has 0 aliphatic heterocycles. The van der Waals surface area contributed by atoms with Crippen molar-refractivity contribution < 1.29 is 29.3 Å². The molecule has 3 N–H and O–H groups in total. The lowest BCUT2D eigenvalue weighted by atomic mass is 10.1. The summed E-state index contributed by atoms with van der Waals surface area (Å²) >= 11 is 0. The zero-order valence-electron chi connectivity index (χ0n) is 16.1. The summed E-state index contributed by atoms with van der Waals surface area (Å²) in [6.07, 6.45) is -1.04. The van der Waals surface area contributed by atoms with Crippen LogP contribution in [0.4, 0.5) is 0 Å². The molecule has 2 rings (SSSR count). The molecule has 28 heavy (non-hydrogen) atoms. The minimum atomic E-state index is -0.800. The molecule has 0 spiro atoms. The zero-order valence-corrected chi connectivity index (χ0v) is 16.1. The number of hydrogen-bond acceptors (Lipinski definition) is 6. The van der Waals surface area contributed by atoms with Gasteiger partial charge in [-0.2, -0.15) is 0 Å². The zero-order chi connectivity index (χ0) is 20.4. The van der Waals surface area contributed by atoms with Crippen LogP contribution < -0.4 is 10.2 Å². The summed E-state index contributed by atoms with van der Waals surface area (Å²) in [5, 5.41) is 19.5. The molecule has 7 nitrogen and oxygen atoms in total. The second-order valence-corrected chi connectivity index (χ2v) is 6.19. The van der Waals surface area contributed by atoms with Crippen molar-refractivity contribution in [2.45, 2.75) is 32.2 Å². The van der Waals surface area contributed by atoms with Crippen LogP contribution in [0, 0.1) is 0 Å². The fraction of sp³-hybridized carbons (Fsp3) is 0.381. The smallest absolute Gasteiger partial charge is 0.272 e. The number of hydrogen-bond donors (Lipinski definition) is 3. The number of aliphatic hydroxyl groups excluding tert-OH is 2. The molecular weight excluding hydrogens is 362 g/mol. The third kappa shape index (κ3) is 6.61. The maximum atomic E-state index is 11.9. The first-order valence-corrected chi connectivity index (χ1v) is 9.11. The molecule has 0 heterocycles. The highest BCUT2D eigenvalue weighted by molar-refractivity contribution is 5.80. The molecule has 0 fully saturated rings. The number of hydroxylamine groups is 1. The molecule has 0 aliphatic carbocycles. The van der Waals surface area contributed by atoms with Crippen LogP contribution in [0.15, 0.2) is 48.5 Å². The van der Waals surface area contributed by atoms with Crippen LogP contribution in [0.2, 0.25) is 0 Å². The van der Waals surface area contributed by atoms with E-state index < -0.39 is 12.2 Å². The normalized spacial score (nSPS) is 13.0. The molecule has 0 aliphatic rings. The van der Waals surface area contributed by atoms with E-state index in [1.807, 2.05) is 19.1 Å². The van der Waals surface area contributed by atoms with E-state index in [1.54, 1.807) is 36.4 Å². The van der Waals surface area contributed by atoms with Gasteiger partial charge in [-0.15, -0.1) is 0 Å². The van der Waals surface area contributed by atoms with Crippen LogP contribution >= 0.6 is 0 Å². The monoisotopic (exact) mass is 389 g/mol. The van der Waals surface area contributed by atoms with E-state index in [2.05, 4.69) is 10.3 Å². The van der Waals surface area contributed by atoms with Gasteiger partial charge in [-0.05, 0) is 35.7 Å². The lowest BCUT2D eigenvalue weighted by Crippen LogP contribution is -2.37. The van der Waals surface area contributed by atoms with Crippen molar-refractivity contribution >= 4 is 5.91 Å². The Labute approximate surface area is 164 Å². The Kier molecular flexibility index (Phi) is 8.90. The minimum absolute atomic E-state index is 0.0754. The summed E-state index contributed by atoms with van der Waals surface area (Å²) in [5.41, 5.74) is 4.62. The maximum Gasteiger partial charge on any atom is 0.272 e. The molecule has 1 amide bonds. The number of nitrogens with one attached hydrogen (secondary N) is 1. The molecule has 152 valence electrons. The molecule has 2 atom stereocenters. The number of ether oxygens (including phenoxy) is 2. The highest BCUT2D eigenvalue weighted by Gasteiger charge is 2.19. The Morgan fingerprint density at radius 2 is 1.89 bits per heavy atom. The third-order valence-corrected chi connectivity index (χ3v) is 4.13. The first-order chi connectivity index (χ1) is 13.6. The molecule has 0 unspecified atom stereocenters. The highest BCUT2D eigenvalue weighted by Crippen LogP contribution is 2.19. The second kappa shape index (κ2) is 11.4. The van der Waals surface area contributed by atoms with Gasteiger partial charge >= 0.3 is 0 Å². The lowest BCUT2D eigenvalue weighted by molar-refractivity contribution is -0.143. The largest absolute Gasteiger partial charge is 0.491 e. The topological polar surface area (TPSA) is 97.3 Å². The number of carbonyl (C=O) groups is 1. The van der Waals surface area contributed by atoms with Crippen LogP contribution in [0.1, 0.15) is 29.7 Å². The van der Waals surface area contributed by atoms with Crippen LogP contribution in [0.25, 0.3) is 0 Å². The van der Waals surface area contributed by atoms with E-state index in [1.165, 1.54) is 7.11 Å². The van der Waals surface area contributed by atoms with Gasteiger partial charge in [-0.3, -0.25) is 9.63 Å². The second-order valence-electron chi connectivity index (χ2n) is 6.19. The number of rotatable bonds is 11. The quantitative estimate of drug-likeness (QED) is 0.508. The van der Waals surface area contributed by atoms with Gasteiger partial charge < -0.3 is 19.7 Å². The maximum absolute atomic E-state index is 11.9. The Bertz CT molecular complexity index is 734. The molecule has 2 aromatic rings.